The molecule has 16 heavy (non-hydrogen) atoms. The Labute approximate surface area is 98.2 Å². The molecule has 1 fully saturated rings. The smallest absolute Gasteiger partial charge is 0.0534 e. The molecule has 1 aromatic rings. The second-order valence-corrected chi connectivity index (χ2v) is 5.96. The van der Waals surface area contributed by atoms with Gasteiger partial charge in [-0.1, -0.05) is 27.7 Å². The van der Waals surface area contributed by atoms with Crippen molar-refractivity contribution in [3.63, 3.8) is 0 Å². The predicted octanol–water partition coefficient (Wildman–Crippen LogP) is 2.43. The first kappa shape index (κ1) is 11.6. The minimum Gasteiger partial charge on any atom is -0.309 e. The average Bonchev–Trinajstić information content (AvgIpc) is 2.60. The molecule has 0 aromatic carbocycles. The quantitative estimate of drug-likeness (QED) is 0.846. The van der Waals surface area contributed by atoms with Gasteiger partial charge in [0.05, 0.1) is 6.20 Å². The van der Waals surface area contributed by atoms with Gasteiger partial charge in [-0.3, -0.25) is 4.68 Å². The summed E-state index contributed by atoms with van der Waals surface area (Å²) in [6, 6.07) is 0.616. The highest BCUT2D eigenvalue weighted by Gasteiger charge is 2.64. The summed E-state index contributed by atoms with van der Waals surface area (Å²) in [5.74, 6) is 0. The van der Waals surface area contributed by atoms with Crippen molar-refractivity contribution in [1.82, 2.24) is 15.1 Å². The molecular weight excluding hydrogens is 198 g/mol. The van der Waals surface area contributed by atoms with Crippen molar-refractivity contribution in [3.8, 4) is 0 Å². The highest BCUT2D eigenvalue weighted by atomic mass is 15.3. The molecule has 1 heterocycles. The SMILES string of the molecule is CCn1cc(CNC2C(C)(C)C2(C)C)cn1. The van der Waals surface area contributed by atoms with Gasteiger partial charge in [0.15, 0.2) is 0 Å². The Morgan fingerprint density at radius 1 is 1.31 bits per heavy atom. The zero-order valence-electron chi connectivity index (χ0n) is 11.0. The molecule has 0 radical (unpaired) electrons. The van der Waals surface area contributed by atoms with Crippen molar-refractivity contribution in [2.75, 3.05) is 0 Å². The van der Waals surface area contributed by atoms with E-state index in [1.54, 1.807) is 0 Å². The third-order valence-corrected chi connectivity index (χ3v) is 4.54. The third-order valence-electron chi connectivity index (χ3n) is 4.54. The number of rotatable bonds is 4. The van der Waals surface area contributed by atoms with E-state index in [0.29, 0.717) is 16.9 Å². The summed E-state index contributed by atoms with van der Waals surface area (Å²) in [4.78, 5) is 0. The van der Waals surface area contributed by atoms with Crippen LogP contribution in [0.4, 0.5) is 0 Å². The van der Waals surface area contributed by atoms with Gasteiger partial charge in [-0.25, -0.2) is 0 Å². The number of aryl methyl sites for hydroxylation is 1. The first-order chi connectivity index (χ1) is 7.39. The lowest BCUT2D eigenvalue weighted by Crippen LogP contribution is -2.21. The van der Waals surface area contributed by atoms with Gasteiger partial charge in [-0.2, -0.15) is 5.10 Å². The molecule has 0 aliphatic heterocycles. The maximum atomic E-state index is 4.28. The lowest BCUT2D eigenvalue weighted by molar-refractivity contribution is 0.457. The van der Waals surface area contributed by atoms with E-state index in [1.165, 1.54) is 5.56 Å². The maximum absolute atomic E-state index is 4.28. The molecule has 1 saturated carbocycles. The molecule has 3 heteroatoms. The molecule has 1 aromatic heterocycles. The molecule has 1 aliphatic rings. The van der Waals surface area contributed by atoms with Gasteiger partial charge in [-0.05, 0) is 17.8 Å². The monoisotopic (exact) mass is 221 g/mol. The number of hydrogen-bond acceptors (Lipinski definition) is 2. The van der Waals surface area contributed by atoms with Crippen molar-refractivity contribution in [1.29, 1.82) is 0 Å². The van der Waals surface area contributed by atoms with Crippen molar-refractivity contribution < 1.29 is 0 Å². The van der Waals surface area contributed by atoms with E-state index in [2.05, 4.69) is 51.2 Å². The second-order valence-electron chi connectivity index (χ2n) is 5.96. The minimum atomic E-state index is 0.410. The van der Waals surface area contributed by atoms with E-state index in [1.807, 2.05) is 10.9 Å². The Morgan fingerprint density at radius 2 is 1.94 bits per heavy atom. The van der Waals surface area contributed by atoms with Gasteiger partial charge in [0, 0.05) is 30.9 Å². The molecule has 0 bridgehead atoms. The van der Waals surface area contributed by atoms with Crippen molar-refractivity contribution >= 4 is 0 Å². The molecule has 1 N–H and O–H groups in total. The molecule has 0 spiro atoms. The highest BCUT2D eigenvalue weighted by molar-refractivity contribution is 5.18. The van der Waals surface area contributed by atoms with E-state index < -0.39 is 0 Å². The van der Waals surface area contributed by atoms with E-state index in [4.69, 9.17) is 0 Å². The fourth-order valence-corrected chi connectivity index (χ4v) is 2.60. The zero-order chi connectivity index (χ0) is 12.0. The molecule has 0 amide bonds. The van der Waals surface area contributed by atoms with Crippen LogP contribution in [-0.4, -0.2) is 15.8 Å². The van der Waals surface area contributed by atoms with Crippen LogP contribution in [-0.2, 0) is 13.1 Å². The van der Waals surface area contributed by atoms with Crippen LogP contribution in [0.3, 0.4) is 0 Å². The first-order valence-corrected chi connectivity index (χ1v) is 6.14. The molecule has 1 aliphatic carbocycles. The van der Waals surface area contributed by atoms with Gasteiger partial charge >= 0.3 is 0 Å². The van der Waals surface area contributed by atoms with Gasteiger partial charge in [0.25, 0.3) is 0 Å². The highest BCUT2D eigenvalue weighted by Crippen LogP contribution is 2.62. The zero-order valence-corrected chi connectivity index (χ0v) is 11.0. The van der Waals surface area contributed by atoms with E-state index >= 15 is 0 Å². The summed E-state index contributed by atoms with van der Waals surface area (Å²) in [6.07, 6.45) is 4.08. The Bertz CT molecular complexity index is 362. The minimum absolute atomic E-state index is 0.410. The van der Waals surface area contributed by atoms with E-state index in [-0.39, 0.29) is 0 Å². The summed E-state index contributed by atoms with van der Waals surface area (Å²) in [5, 5.41) is 7.92. The summed E-state index contributed by atoms with van der Waals surface area (Å²) < 4.78 is 1.97. The molecule has 3 nitrogen and oxygen atoms in total. The van der Waals surface area contributed by atoms with Crippen molar-refractivity contribution in [2.24, 2.45) is 10.8 Å². The molecule has 2 rings (SSSR count). The fourth-order valence-electron chi connectivity index (χ4n) is 2.60. The number of hydrogen-bond donors (Lipinski definition) is 1. The average molecular weight is 221 g/mol. The fraction of sp³-hybridized carbons (Fsp3) is 0.769. The maximum Gasteiger partial charge on any atom is 0.0534 e. The topological polar surface area (TPSA) is 29.9 Å². The Kier molecular flexibility index (Phi) is 2.61. The van der Waals surface area contributed by atoms with Crippen LogP contribution in [0.1, 0.15) is 40.2 Å². The van der Waals surface area contributed by atoms with Crippen LogP contribution in [0.15, 0.2) is 12.4 Å². The van der Waals surface area contributed by atoms with E-state index in [9.17, 15) is 0 Å². The Morgan fingerprint density at radius 3 is 2.38 bits per heavy atom. The Hall–Kier alpha value is -0.830. The summed E-state index contributed by atoms with van der Waals surface area (Å²) in [7, 11) is 0. The van der Waals surface area contributed by atoms with Crippen molar-refractivity contribution in [2.45, 2.75) is 53.8 Å². The van der Waals surface area contributed by atoms with E-state index in [0.717, 1.165) is 13.1 Å². The largest absolute Gasteiger partial charge is 0.309 e. The van der Waals surface area contributed by atoms with Crippen LogP contribution in [0, 0.1) is 10.8 Å². The van der Waals surface area contributed by atoms with Gasteiger partial charge in [0.1, 0.15) is 0 Å². The lowest BCUT2D eigenvalue weighted by atomic mass is 10.0. The van der Waals surface area contributed by atoms with Crippen LogP contribution < -0.4 is 5.32 Å². The standard InChI is InChI=1S/C13H23N3/c1-6-16-9-10(8-15-16)7-14-11-12(2,3)13(11,4)5/h8-9,11,14H,6-7H2,1-5H3. The van der Waals surface area contributed by atoms with Gasteiger partial charge in [0.2, 0.25) is 0 Å². The summed E-state index contributed by atoms with van der Waals surface area (Å²) in [5.41, 5.74) is 2.10. The molecular formula is C13H23N3. The van der Waals surface area contributed by atoms with Crippen LogP contribution in [0.5, 0.6) is 0 Å². The van der Waals surface area contributed by atoms with Crippen LogP contribution in [0.25, 0.3) is 0 Å². The summed E-state index contributed by atoms with van der Waals surface area (Å²) in [6.45, 7) is 13.3. The van der Waals surface area contributed by atoms with Crippen LogP contribution >= 0.6 is 0 Å². The number of aromatic nitrogens is 2. The summed E-state index contributed by atoms with van der Waals surface area (Å²) >= 11 is 0. The van der Waals surface area contributed by atoms with Gasteiger partial charge in [-0.15, -0.1) is 0 Å². The predicted molar refractivity (Wildman–Crippen MR) is 66.1 cm³/mol. The number of nitrogens with zero attached hydrogens (tertiary/aromatic N) is 2. The first-order valence-electron chi connectivity index (χ1n) is 6.14. The molecule has 90 valence electrons. The third kappa shape index (κ3) is 1.67. The lowest BCUT2D eigenvalue weighted by Gasteiger charge is -2.04. The normalized spacial score (nSPS) is 22.3. The van der Waals surface area contributed by atoms with Gasteiger partial charge < -0.3 is 5.32 Å². The van der Waals surface area contributed by atoms with Crippen LogP contribution in [0.2, 0.25) is 0 Å². The molecule has 0 unspecified atom stereocenters. The molecule has 0 saturated heterocycles. The van der Waals surface area contributed by atoms with Crippen molar-refractivity contribution in [3.05, 3.63) is 18.0 Å². The Balaban J connectivity index is 1.90. The number of nitrogens with one attached hydrogen (secondary N) is 1. The second kappa shape index (κ2) is 3.59. The molecule has 0 atom stereocenters.